The second-order valence-electron chi connectivity index (χ2n) is 7.00. The van der Waals surface area contributed by atoms with Crippen LogP contribution in [0.1, 0.15) is 46.0 Å². The van der Waals surface area contributed by atoms with Gasteiger partial charge in [-0.25, -0.2) is 8.78 Å². The SMILES string of the molecule is CC1(C)CN(C(=O)CC2CCC(F)(F)CC2)CC(S)=C1N. The van der Waals surface area contributed by atoms with Crippen molar-refractivity contribution in [3.63, 3.8) is 0 Å². The fourth-order valence-electron chi connectivity index (χ4n) is 3.13. The van der Waals surface area contributed by atoms with Crippen molar-refractivity contribution >= 4 is 18.5 Å². The smallest absolute Gasteiger partial charge is 0.248 e. The van der Waals surface area contributed by atoms with E-state index in [4.69, 9.17) is 5.73 Å². The summed E-state index contributed by atoms with van der Waals surface area (Å²) < 4.78 is 26.3. The van der Waals surface area contributed by atoms with Crippen LogP contribution in [-0.4, -0.2) is 29.8 Å². The standard InChI is InChI=1S/C15H24F2N2OS/c1-14(2)9-19(8-11(21)13(14)18)12(20)7-10-3-5-15(16,17)6-4-10/h10,21H,3-9,18H2,1-2H3. The zero-order valence-electron chi connectivity index (χ0n) is 12.7. The van der Waals surface area contributed by atoms with E-state index in [0.29, 0.717) is 32.4 Å². The summed E-state index contributed by atoms with van der Waals surface area (Å²) in [6, 6.07) is 0. The highest BCUT2D eigenvalue weighted by Gasteiger charge is 2.37. The molecule has 1 heterocycles. The molecule has 0 unspecified atom stereocenters. The quantitative estimate of drug-likeness (QED) is 0.768. The lowest BCUT2D eigenvalue weighted by atomic mass is 9.83. The molecule has 6 heteroatoms. The molecule has 0 bridgehead atoms. The van der Waals surface area contributed by atoms with Gasteiger partial charge in [0.15, 0.2) is 0 Å². The molecule has 1 fully saturated rings. The first kappa shape index (κ1) is 16.6. The van der Waals surface area contributed by atoms with E-state index < -0.39 is 5.92 Å². The largest absolute Gasteiger partial charge is 0.401 e. The Labute approximate surface area is 130 Å². The number of hydrogen-bond donors (Lipinski definition) is 2. The van der Waals surface area contributed by atoms with Crippen molar-refractivity contribution in [3.05, 3.63) is 10.6 Å². The van der Waals surface area contributed by atoms with Gasteiger partial charge in [-0.2, -0.15) is 0 Å². The number of carbonyl (C=O) groups is 1. The number of alkyl halides is 2. The molecule has 2 aliphatic rings. The van der Waals surface area contributed by atoms with Gasteiger partial charge in [0.05, 0.1) is 6.54 Å². The molecule has 0 aromatic rings. The number of nitrogens with zero attached hydrogens (tertiary/aromatic N) is 1. The summed E-state index contributed by atoms with van der Waals surface area (Å²) in [6.45, 7) is 4.96. The van der Waals surface area contributed by atoms with Gasteiger partial charge in [0, 0.05) is 41.8 Å². The van der Waals surface area contributed by atoms with Gasteiger partial charge in [-0.1, -0.05) is 13.8 Å². The molecule has 120 valence electrons. The van der Waals surface area contributed by atoms with Crippen molar-refractivity contribution in [2.75, 3.05) is 13.1 Å². The molecule has 0 aromatic carbocycles. The number of nitrogens with two attached hydrogens (primary N) is 1. The first-order chi connectivity index (χ1) is 9.61. The zero-order chi connectivity index (χ0) is 15.8. The maximum absolute atomic E-state index is 13.1. The van der Waals surface area contributed by atoms with E-state index in [9.17, 15) is 13.6 Å². The van der Waals surface area contributed by atoms with E-state index in [1.54, 1.807) is 4.90 Å². The van der Waals surface area contributed by atoms with Crippen LogP contribution in [0.3, 0.4) is 0 Å². The number of halogens is 2. The summed E-state index contributed by atoms with van der Waals surface area (Å²) in [6.07, 6.45) is 1.03. The van der Waals surface area contributed by atoms with Gasteiger partial charge >= 0.3 is 0 Å². The summed E-state index contributed by atoms with van der Waals surface area (Å²) in [5.41, 5.74) is 6.46. The molecule has 1 amide bonds. The topological polar surface area (TPSA) is 46.3 Å². The predicted octanol–water partition coefficient (Wildman–Crippen LogP) is 3.17. The maximum atomic E-state index is 13.1. The average molecular weight is 318 g/mol. The number of rotatable bonds is 2. The summed E-state index contributed by atoms with van der Waals surface area (Å²) in [5.74, 6) is -2.44. The van der Waals surface area contributed by atoms with Crippen molar-refractivity contribution in [2.45, 2.75) is 51.9 Å². The molecule has 1 saturated carbocycles. The number of amides is 1. The molecule has 3 nitrogen and oxygen atoms in total. The fraction of sp³-hybridized carbons (Fsp3) is 0.800. The average Bonchev–Trinajstić information content (AvgIpc) is 2.37. The maximum Gasteiger partial charge on any atom is 0.248 e. The molecule has 0 spiro atoms. The van der Waals surface area contributed by atoms with Gasteiger partial charge in [0.1, 0.15) is 0 Å². The molecule has 1 aliphatic heterocycles. The van der Waals surface area contributed by atoms with Crippen molar-refractivity contribution < 1.29 is 13.6 Å². The van der Waals surface area contributed by atoms with Crippen LogP contribution >= 0.6 is 12.6 Å². The Kier molecular flexibility index (Phi) is 4.57. The van der Waals surface area contributed by atoms with Crippen LogP contribution in [0.25, 0.3) is 0 Å². The lowest BCUT2D eigenvalue weighted by Gasteiger charge is -2.39. The van der Waals surface area contributed by atoms with Crippen LogP contribution in [0, 0.1) is 11.3 Å². The molecule has 1 aliphatic carbocycles. The number of carbonyl (C=O) groups excluding carboxylic acids is 1. The third-order valence-electron chi connectivity index (χ3n) is 4.62. The first-order valence-electron chi connectivity index (χ1n) is 7.44. The molecule has 0 atom stereocenters. The van der Waals surface area contributed by atoms with Gasteiger partial charge in [-0.05, 0) is 18.8 Å². The van der Waals surface area contributed by atoms with Crippen molar-refractivity contribution in [1.82, 2.24) is 4.90 Å². The summed E-state index contributed by atoms with van der Waals surface area (Å²) in [4.78, 5) is 14.9. The highest BCUT2D eigenvalue weighted by Crippen LogP contribution is 2.38. The Balaban J connectivity index is 1.93. The van der Waals surface area contributed by atoms with Crippen molar-refractivity contribution in [2.24, 2.45) is 17.1 Å². The Hall–Kier alpha value is -0.780. The van der Waals surface area contributed by atoms with Crippen LogP contribution in [-0.2, 0) is 4.79 Å². The van der Waals surface area contributed by atoms with Crippen molar-refractivity contribution in [3.8, 4) is 0 Å². The molecule has 0 radical (unpaired) electrons. The van der Waals surface area contributed by atoms with Crippen molar-refractivity contribution in [1.29, 1.82) is 0 Å². The van der Waals surface area contributed by atoms with Crippen LogP contribution in [0.4, 0.5) is 8.78 Å². The summed E-state index contributed by atoms with van der Waals surface area (Å²) in [5, 5.41) is 0. The second kappa shape index (κ2) is 5.78. The Morgan fingerprint density at radius 2 is 1.95 bits per heavy atom. The highest BCUT2D eigenvalue weighted by molar-refractivity contribution is 7.84. The molecule has 2 rings (SSSR count). The molecular weight excluding hydrogens is 294 g/mol. The molecule has 0 aromatic heterocycles. The van der Waals surface area contributed by atoms with Gasteiger partial charge in [-0.15, -0.1) is 12.6 Å². The first-order valence-corrected chi connectivity index (χ1v) is 7.89. The third-order valence-corrected chi connectivity index (χ3v) is 5.00. The molecule has 2 N–H and O–H groups in total. The lowest BCUT2D eigenvalue weighted by molar-refractivity contribution is -0.134. The monoisotopic (exact) mass is 318 g/mol. The molecule has 0 saturated heterocycles. The van der Waals surface area contributed by atoms with E-state index in [2.05, 4.69) is 12.6 Å². The minimum atomic E-state index is -2.54. The Bertz CT molecular complexity index is 453. The highest BCUT2D eigenvalue weighted by atomic mass is 32.1. The van der Waals surface area contributed by atoms with E-state index in [1.165, 1.54) is 0 Å². The van der Waals surface area contributed by atoms with E-state index in [-0.39, 0.29) is 30.1 Å². The van der Waals surface area contributed by atoms with Gasteiger partial charge in [-0.3, -0.25) is 4.79 Å². The van der Waals surface area contributed by atoms with Crippen LogP contribution in [0.2, 0.25) is 0 Å². The van der Waals surface area contributed by atoms with E-state index in [1.807, 2.05) is 13.8 Å². The molecular formula is C15H24F2N2OS. The van der Waals surface area contributed by atoms with E-state index in [0.717, 1.165) is 10.6 Å². The normalized spacial score (nSPS) is 26.0. The van der Waals surface area contributed by atoms with Crippen LogP contribution < -0.4 is 5.73 Å². The van der Waals surface area contributed by atoms with Gasteiger partial charge < -0.3 is 10.6 Å². The van der Waals surface area contributed by atoms with Crippen LogP contribution in [0.15, 0.2) is 10.6 Å². The van der Waals surface area contributed by atoms with Gasteiger partial charge in [0.2, 0.25) is 11.8 Å². The zero-order valence-corrected chi connectivity index (χ0v) is 13.6. The second-order valence-corrected chi connectivity index (χ2v) is 7.54. The number of thiol groups is 1. The summed E-state index contributed by atoms with van der Waals surface area (Å²) >= 11 is 4.37. The Morgan fingerprint density at radius 1 is 1.38 bits per heavy atom. The minimum absolute atomic E-state index is 0.0253. The van der Waals surface area contributed by atoms with E-state index >= 15 is 0 Å². The molecule has 21 heavy (non-hydrogen) atoms. The minimum Gasteiger partial charge on any atom is -0.401 e. The lowest BCUT2D eigenvalue weighted by Crippen LogP contribution is -2.47. The third kappa shape index (κ3) is 3.90. The fourth-order valence-corrected chi connectivity index (χ4v) is 3.60. The Morgan fingerprint density at radius 3 is 2.48 bits per heavy atom. The predicted molar refractivity (Wildman–Crippen MR) is 82.1 cm³/mol. The van der Waals surface area contributed by atoms with Crippen LogP contribution in [0.5, 0.6) is 0 Å². The van der Waals surface area contributed by atoms with Gasteiger partial charge in [0.25, 0.3) is 0 Å². The summed E-state index contributed by atoms with van der Waals surface area (Å²) in [7, 11) is 0. The number of hydrogen-bond acceptors (Lipinski definition) is 3.